The van der Waals surface area contributed by atoms with E-state index in [1.165, 1.54) is 51.4 Å². The molecule has 0 saturated carbocycles. The van der Waals surface area contributed by atoms with Crippen LogP contribution in [0.25, 0.3) is 0 Å². The second kappa shape index (κ2) is 35.9. The zero-order valence-electron chi connectivity index (χ0n) is 34.7. The minimum atomic E-state index is -4.87. The SMILES string of the molecule is CCCCC/C=C\C=C/[C@@H](O)C/C=C\C/C=C/CCCC(=O)OC[C@H](COP(=O)(O)OC[C@@H](O)COP(=O)(O)O)OC(=O)CCCCCCCCCCC(C)CC. The third kappa shape index (κ3) is 39.3. The summed E-state index contributed by atoms with van der Waals surface area (Å²) in [6, 6.07) is 0. The van der Waals surface area contributed by atoms with Crippen molar-refractivity contribution in [1.29, 1.82) is 0 Å². The smallest absolute Gasteiger partial charge is 0.462 e. The van der Waals surface area contributed by atoms with Gasteiger partial charge in [0, 0.05) is 12.8 Å². The number of hydrogen-bond acceptors (Lipinski definition) is 11. The molecule has 57 heavy (non-hydrogen) atoms. The first-order chi connectivity index (χ1) is 27.2. The molecule has 0 amide bonds. The highest BCUT2D eigenvalue weighted by Gasteiger charge is 2.28. The molecule has 0 aromatic heterocycles. The van der Waals surface area contributed by atoms with Crippen molar-refractivity contribution < 1.29 is 66.7 Å². The van der Waals surface area contributed by atoms with Gasteiger partial charge in [-0.15, -0.1) is 0 Å². The van der Waals surface area contributed by atoms with E-state index >= 15 is 0 Å². The van der Waals surface area contributed by atoms with Crippen LogP contribution in [0.4, 0.5) is 0 Å². The van der Waals surface area contributed by atoms with Gasteiger partial charge in [-0.05, 0) is 50.9 Å². The molecule has 0 bridgehead atoms. The number of aliphatic hydroxyl groups excluding tert-OH is 2. The van der Waals surface area contributed by atoms with Crippen molar-refractivity contribution in [2.24, 2.45) is 5.92 Å². The molecule has 0 heterocycles. The monoisotopic (exact) mass is 852 g/mol. The van der Waals surface area contributed by atoms with Gasteiger partial charge in [-0.25, -0.2) is 9.13 Å². The average Bonchev–Trinajstić information content (AvgIpc) is 3.16. The Bertz CT molecular complexity index is 1230. The molecular formula is C41H74O14P2. The van der Waals surface area contributed by atoms with E-state index in [9.17, 15) is 33.8 Å². The third-order valence-corrected chi connectivity index (χ3v) is 10.3. The summed E-state index contributed by atoms with van der Waals surface area (Å²) in [6.45, 7) is 3.85. The van der Waals surface area contributed by atoms with E-state index in [0.29, 0.717) is 32.1 Å². The van der Waals surface area contributed by atoms with Gasteiger partial charge in [-0.2, -0.15) is 0 Å². The summed E-state index contributed by atoms with van der Waals surface area (Å²) in [6.07, 6.45) is 30.1. The van der Waals surface area contributed by atoms with Crippen molar-refractivity contribution >= 4 is 27.6 Å². The van der Waals surface area contributed by atoms with Crippen LogP contribution < -0.4 is 0 Å². The van der Waals surface area contributed by atoms with Crippen LogP contribution in [0.2, 0.25) is 0 Å². The zero-order chi connectivity index (χ0) is 42.6. The second-order valence-electron chi connectivity index (χ2n) is 14.4. The molecule has 16 heteroatoms. The Balaban J connectivity index is 4.69. The average molecular weight is 853 g/mol. The maximum absolute atomic E-state index is 12.6. The standard InChI is InChI=1S/C41H74O14P2/c1-4-6-7-8-12-18-23-28-37(42)29-24-19-14-11-16-20-25-30-40(44)51-34-39(35-54-57(49,50)53-33-38(43)32-52-56(46,47)48)55-41(45)31-26-21-15-10-9-13-17-22-27-36(3)5-2/h11-12,16,18-19,23-24,28,36-39,42-43H,4-10,13-15,17,20-22,25-27,29-35H2,1-3H3,(H,49,50)(H2,46,47,48)/b16-11+,18-12-,24-19-,28-23-/t36?,37-,38+,39-/m1/s1. The van der Waals surface area contributed by atoms with Gasteiger partial charge < -0.3 is 34.4 Å². The van der Waals surface area contributed by atoms with Crippen molar-refractivity contribution in [3.8, 4) is 0 Å². The molecule has 0 aliphatic rings. The molecule has 0 aliphatic heterocycles. The Morgan fingerprint density at radius 1 is 0.649 bits per heavy atom. The molecule has 332 valence electrons. The van der Waals surface area contributed by atoms with Crippen LogP contribution >= 0.6 is 15.6 Å². The van der Waals surface area contributed by atoms with Gasteiger partial charge in [-0.3, -0.25) is 23.2 Å². The van der Waals surface area contributed by atoms with Crippen LogP contribution in [0.3, 0.4) is 0 Å². The molecule has 0 aromatic carbocycles. The molecule has 0 aromatic rings. The van der Waals surface area contributed by atoms with E-state index in [4.69, 9.17) is 23.8 Å². The molecule has 5 N–H and O–H groups in total. The lowest BCUT2D eigenvalue weighted by molar-refractivity contribution is -0.161. The maximum atomic E-state index is 12.6. The zero-order valence-corrected chi connectivity index (χ0v) is 36.5. The second-order valence-corrected chi connectivity index (χ2v) is 17.1. The number of hydrogen-bond donors (Lipinski definition) is 5. The van der Waals surface area contributed by atoms with Crippen molar-refractivity contribution in [2.75, 3.05) is 26.4 Å². The third-order valence-electron chi connectivity index (χ3n) is 8.83. The normalized spacial score (nSPS) is 15.7. The molecule has 2 unspecified atom stereocenters. The Morgan fingerprint density at radius 3 is 1.95 bits per heavy atom. The van der Waals surface area contributed by atoms with Crippen LogP contribution in [0.5, 0.6) is 0 Å². The first-order valence-electron chi connectivity index (χ1n) is 20.8. The summed E-state index contributed by atoms with van der Waals surface area (Å²) < 4.78 is 47.6. The van der Waals surface area contributed by atoms with Crippen LogP contribution in [0.15, 0.2) is 48.6 Å². The number of esters is 2. The van der Waals surface area contributed by atoms with Gasteiger partial charge in [0.2, 0.25) is 0 Å². The van der Waals surface area contributed by atoms with Crippen molar-refractivity contribution in [3.63, 3.8) is 0 Å². The quantitative estimate of drug-likeness (QED) is 0.0129. The predicted octanol–water partition coefficient (Wildman–Crippen LogP) is 9.11. The van der Waals surface area contributed by atoms with Crippen LogP contribution in [0, 0.1) is 5.92 Å². The van der Waals surface area contributed by atoms with Crippen molar-refractivity contribution in [3.05, 3.63) is 48.6 Å². The lowest BCUT2D eigenvalue weighted by Gasteiger charge is -2.20. The lowest BCUT2D eigenvalue weighted by Crippen LogP contribution is -2.30. The summed E-state index contributed by atoms with van der Waals surface area (Å²) in [4.78, 5) is 52.6. The first kappa shape index (κ1) is 55.0. The number of phosphoric ester groups is 2. The van der Waals surface area contributed by atoms with E-state index in [1.807, 2.05) is 36.5 Å². The van der Waals surface area contributed by atoms with Gasteiger partial charge in [0.25, 0.3) is 0 Å². The highest BCUT2D eigenvalue weighted by molar-refractivity contribution is 7.47. The number of carbonyl (C=O) groups is 2. The van der Waals surface area contributed by atoms with Gasteiger partial charge in [0.05, 0.1) is 25.9 Å². The lowest BCUT2D eigenvalue weighted by atomic mass is 9.99. The fourth-order valence-corrected chi connectivity index (χ4v) is 6.37. The summed E-state index contributed by atoms with van der Waals surface area (Å²) in [5.74, 6) is -0.364. The minimum Gasteiger partial charge on any atom is -0.462 e. The topological polar surface area (TPSA) is 216 Å². The molecule has 0 spiro atoms. The van der Waals surface area contributed by atoms with E-state index < -0.39 is 72.3 Å². The number of allylic oxidation sites excluding steroid dienone is 6. The Morgan fingerprint density at radius 2 is 1.26 bits per heavy atom. The highest BCUT2D eigenvalue weighted by atomic mass is 31.2. The molecule has 0 saturated heterocycles. The number of aliphatic hydroxyl groups is 2. The fraction of sp³-hybridized carbons (Fsp3) is 0.756. The maximum Gasteiger partial charge on any atom is 0.472 e. The largest absolute Gasteiger partial charge is 0.472 e. The molecule has 0 radical (unpaired) electrons. The molecule has 14 nitrogen and oxygen atoms in total. The number of ether oxygens (including phenoxy) is 2. The Hall–Kier alpha value is -1.96. The molecule has 0 fully saturated rings. The minimum absolute atomic E-state index is 0.0846. The van der Waals surface area contributed by atoms with E-state index in [-0.39, 0.29) is 12.8 Å². The van der Waals surface area contributed by atoms with Gasteiger partial charge in [0.1, 0.15) is 12.7 Å². The van der Waals surface area contributed by atoms with Crippen molar-refractivity contribution in [1.82, 2.24) is 0 Å². The number of phosphoric acid groups is 2. The van der Waals surface area contributed by atoms with E-state index in [1.54, 1.807) is 6.08 Å². The van der Waals surface area contributed by atoms with Crippen LogP contribution in [-0.4, -0.2) is 81.6 Å². The number of rotatable bonds is 38. The van der Waals surface area contributed by atoms with Crippen LogP contribution in [-0.2, 0) is 41.8 Å². The summed E-state index contributed by atoms with van der Waals surface area (Å²) >= 11 is 0. The van der Waals surface area contributed by atoms with E-state index in [0.717, 1.165) is 38.0 Å². The predicted molar refractivity (Wildman–Crippen MR) is 222 cm³/mol. The molecule has 0 rings (SSSR count). The number of unbranched alkanes of at least 4 members (excludes halogenated alkanes) is 11. The van der Waals surface area contributed by atoms with E-state index in [2.05, 4.69) is 35.9 Å². The van der Waals surface area contributed by atoms with Crippen LogP contribution in [0.1, 0.15) is 149 Å². The van der Waals surface area contributed by atoms with Gasteiger partial charge in [0.15, 0.2) is 6.10 Å². The van der Waals surface area contributed by atoms with Gasteiger partial charge in [-0.1, -0.05) is 140 Å². The Labute approximate surface area is 342 Å². The van der Waals surface area contributed by atoms with Crippen molar-refractivity contribution in [2.45, 2.75) is 167 Å². The molecular weight excluding hydrogens is 778 g/mol. The summed E-state index contributed by atoms with van der Waals surface area (Å²) in [5, 5.41) is 19.8. The highest BCUT2D eigenvalue weighted by Crippen LogP contribution is 2.43. The summed E-state index contributed by atoms with van der Waals surface area (Å²) in [7, 11) is -9.70. The fourth-order valence-electron chi connectivity index (χ4n) is 5.22. The Kier molecular flexibility index (Phi) is 34.7. The summed E-state index contributed by atoms with van der Waals surface area (Å²) in [5.41, 5.74) is 0. The molecule has 0 aliphatic carbocycles. The first-order valence-corrected chi connectivity index (χ1v) is 23.9. The molecule has 5 atom stereocenters. The number of carbonyl (C=O) groups excluding carboxylic acids is 2. The van der Waals surface area contributed by atoms with Gasteiger partial charge >= 0.3 is 27.6 Å².